The van der Waals surface area contributed by atoms with Gasteiger partial charge in [-0.2, -0.15) is 4.31 Å². The summed E-state index contributed by atoms with van der Waals surface area (Å²) in [5, 5.41) is 0. The zero-order valence-electron chi connectivity index (χ0n) is 16.2. The molecule has 1 aromatic heterocycles. The van der Waals surface area contributed by atoms with Crippen LogP contribution in [0.4, 0.5) is 0 Å². The maximum absolute atomic E-state index is 12.9. The topological polar surface area (TPSA) is 57.7 Å². The molecule has 0 bridgehead atoms. The van der Waals surface area contributed by atoms with Crippen LogP contribution in [0.3, 0.4) is 0 Å². The molecule has 0 saturated carbocycles. The first-order valence-electron chi connectivity index (χ1n) is 9.64. The van der Waals surface area contributed by atoms with E-state index in [0.29, 0.717) is 40.5 Å². The van der Waals surface area contributed by atoms with Crippen molar-refractivity contribution >= 4 is 50.8 Å². The van der Waals surface area contributed by atoms with Gasteiger partial charge in [-0.3, -0.25) is 4.79 Å². The van der Waals surface area contributed by atoms with Crippen LogP contribution < -0.4 is 0 Å². The summed E-state index contributed by atoms with van der Waals surface area (Å²) in [6, 6.07) is 11.4. The van der Waals surface area contributed by atoms with Crippen LogP contribution in [-0.2, 0) is 10.0 Å². The van der Waals surface area contributed by atoms with E-state index in [0.717, 1.165) is 4.88 Å². The van der Waals surface area contributed by atoms with Crippen molar-refractivity contribution < 1.29 is 13.2 Å². The zero-order chi connectivity index (χ0) is 20.4. The number of benzene rings is 1. The molecule has 2 aliphatic heterocycles. The average molecular weight is 469 g/mol. The van der Waals surface area contributed by atoms with Crippen molar-refractivity contribution in [2.45, 2.75) is 22.1 Å². The Morgan fingerprint density at radius 3 is 2.21 bits per heavy atom. The Morgan fingerprint density at radius 2 is 1.62 bits per heavy atom. The van der Waals surface area contributed by atoms with Gasteiger partial charge in [-0.15, -0.1) is 34.9 Å². The Balaban J connectivity index is 1.37. The van der Waals surface area contributed by atoms with Crippen molar-refractivity contribution in [2.75, 3.05) is 37.7 Å². The van der Waals surface area contributed by atoms with E-state index < -0.39 is 10.0 Å². The predicted molar refractivity (Wildman–Crippen MR) is 122 cm³/mol. The van der Waals surface area contributed by atoms with Crippen LogP contribution in [0.15, 0.2) is 40.6 Å². The molecule has 29 heavy (non-hydrogen) atoms. The number of amides is 1. The Labute approximate surface area is 184 Å². The lowest BCUT2D eigenvalue weighted by molar-refractivity contribution is 0.0698. The summed E-state index contributed by atoms with van der Waals surface area (Å²) in [5.41, 5.74) is 1.93. The normalized spacial score (nSPS) is 19.4. The first kappa shape index (κ1) is 21.2. The van der Waals surface area contributed by atoms with Gasteiger partial charge in [0.05, 0.1) is 4.58 Å². The molecule has 5 nitrogen and oxygen atoms in total. The zero-order valence-corrected chi connectivity index (χ0v) is 19.5. The molecule has 2 fully saturated rings. The van der Waals surface area contributed by atoms with E-state index in [1.165, 1.54) is 39.1 Å². The lowest BCUT2D eigenvalue weighted by atomic mass is 10.1. The Bertz CT molecular complexity index is 958. The first-order chi connectivity index (χ1) is 13.9. The lowest BCUT2D eigenvalue weighted by Gasteiger charge is -2.33. The molecule has 9 heteroatoms. The average Bonchev–Trinajstić information content (AvgIpc) is 3.21. The van der Waals surface area contributed by atoms with Crippen LogP contribution in [0, 0.1) is 6.92 Å². The van der Waals surface area contributed by atoms with Gasteiger partial charge >= 0.3 is 0 Å². The highest BCUT2D eigenvalue weighted by atomic mass is 32.2. The highest BCUT2D eigenvalue weighted by Gasteiger charge is 2.31. The minimum Gasteiger partial charge on any atom is -0.336 e. The van der Waals surface area contributed by atoms with Crippen LogP contribution in [-0.4, -0.2) is 61.2 Å². The number of piperazine rings is 1. The van der Waals surface area contributed by atoms with Gasteiger partial charge in [-0.05, 0) is 54.7 Å². The summed E-state index contributed by atoms with van der Waals surface area (Å²) in [6.07, 6.45) is 1.26. The molecule has 0 atom stereocenters. The van der Waals surface area contributed by atoms with Gasteiger partial charge in [0.15, 0.2) is 0 Å². The molecule has 2 saturated heterocycles. The highest BCUT2D eigenvalue weighted by Crippen LogP contribution is 2.43. The molecular weight excluding hydrogens is 444 g/mol. The summed E-state index contributed by atoms with van der Waals surface area (Å²) in [7, 11) is -3.46. The van der Waals surface area contributed by atoms with E-state index in [2.05, 4.69) is 12.1 Å². The Kier molecular flexibility index (Phi) is 6.60. The molecule has 0 aliphatic carbocycles. The highest BCUT2D eigenvalue weighted by molar-refractivity contribution is 8.16. The summed E-state index contributed by atoms with van der Waals surface area (Å²) in [6.45, 7) is 3.39. The Hall–Kier alpha value is -1.000. The number of aryl methyl sites for hydroxylation is 1. The molecule has 0 radical (unpaired) electrons. The molecule has 0 unspecified atom stereocenters. The number of hydrogen-bond acceptors (Lipinski definition) is 6. The second-order valence-electron chi connectivity index (χ2n) is 7.11. The van der Waals surface area contributed by atoms with Crippen LogP contribution in [0.5, 0.6) is 0 Å². The summed E-state index contributed by atoms with van der Waals surface area (Å²) < 4.78 is 27.9. The van der Waals surface area contributed by atoms with Gasteiger partial charge < -0.3 is 4.90 Å². The van der Waals surface area contributed by atoms with E-state index in [4.69, 9.17) is 0 Å². The predicted octanol–water partition coefficient (Wildman–Crippen LogP) is 4.07. The van der Waals surface area contributed by atoms with Gasteiger partial charge in [0, 0.05) is 36.6 Å². The van der Waals surface area contributed by atoms with Crippen molar-refractivity contribution in [1.82, 2.24) is 9.21 Å². The molecule has 4 rings (SSSR count). The van der Waals surface area contributed by atoms with Crippen LogP contribution >= 0.6 is 34.9 Å². The smallest absolute Gasteiger partial charge is 0.253 e. The molecule has 2 aliphatic rings. The molecule has 156 valence electrons. The van der Waals surface area contributed by atoms with Crippen LogP contribution in [0.1, 0.15) is 31.8 Å². The van der Waals surface area contributed by atoms with Crippen LogP contribution in [0.2, 0.25) is 0 Å². The van der Waals surface area contributed by atoms with Crippen molar-refractivity contribution in [3.8, 4) is 0 Å². The third kappa shape index (κ3) is 4.69. The number of carbonyl (C=O) groups is 1. The third-order valence-corrected chi connectivity index (χ3v) is 11.5. The maximum atomic E-state index is 12.9. The van der Waals surface area contributed by atoms with E-state index in [9.17, 15) is 13.2 Å². The minimum absolute atomic E-state index is 0.0236. The fraction of sp³-hybridized carbons (Fsp3) is 0.450. The molecule has 3 heterocycles. The van der Waals surface area contributed by atoms with Gasteiger partial charge in [0.2, 0.25) is 0 Å². The Morgan fingerprint density at radius 1 is 0.966 bits per heavy atom. The number of nitrogens with zero attached hydrogens (tertiary/aromatic N) is 2. The van der Waals surface area contributed by atoms with E-state index in [1.807, 2.05) is 48.6 Å². The number of rotatable bonds is 4. The number of hydrogen-bond donors (Lipinski definition) is 0. The number of thiophene rings is 1. The van der Waals surface area contributed by atoms with E-state index in [-0.39, 0.29) is 5.91 Å². The van der Waals surface area contributed by atoms with Crippen molar-refractivity contribution in [3.05, 3.63) is 52.4 Å². The minimum atomic E-state index is -3.46. The van der Waals surface area contributed by atoms with E-state index in [1.54, 1.807) is 11.0 Å². The molecule has 0 N–H and O–H groups in total. The first-order valence-corrected chi connectivity index (χ1v) is 14.0. The molecular formula is C20H24N2O3S4. The van der Waals surface area contributed by atoms with Gasteiger partial charge in [0.25, 0.3) is 15.9 Å². The summed E-state index contributed by atoms with van der Waals surface area (Å²) in [4.78, 5) is 15.6. The SMILES string of the molecule is Cc1ccc(S(=O)(=O)N2CCN(C(=O)c3ccc(C4SCCCS4)cc3)CC2)s1. The molecule has 1 amide bonds. The summed E-state index contributed by atoms with van der Waals surface area (Å²) in [5.74, 6) is 2.36. The van der Waals surface area contributed by atoms with Crippen molar-refractivity contribution in [3.63, 3.8) is 0 Å². The third-order valence-electron chi connectivity index (χ3n) is 5.09. The second-order valence-corrected chi connectivity index (χ2v) is 13.3. The largest absolute Gasteiger partial charge is 0.336 e. The quantitative estimate of drug-likeness (QED) is 0.677. The molecule has 0 spiro atoms. The van der Waals surface area contributed by atoms with Crippen molar-refractivity contribution in [1.29, 1.82) is 0 Å². The van der Waals surface area contributed by atoms with Gasteiger partial charge in [-0.25, -0.2) is 8.42 Å². The van der Waals surface area contributed by atoms with Crippen LogP contribution in [0.25, 0.3) is 0 Å². The second kappa shape index (κ2) is 9.01. The standard InChI is InChI=1S/C20H24N2O3S4/c1-15-3-8-18(28-15)29(24,25)22-11-9-21(10-12-22)19(23)16-4-6-17(7-5-16)20-26-13-2-14-27-20/h3-8,20H,2,9-14H2,1H3. The number of thioether (sulfide) groups is 2. The monoisotopic (exact) mass is 468 g/mol. The van der Waals surface area contributed by atoms with E-state index >= 15 is 0 Å². The fourth-order valence-electron chi connectivity index (χ4n) is 3.46. The summed E-state index contributed by atoms with van der Waals surface area (Å²) >= 11 is 5.23. The molecule has 1 aromatic carbocycles. The lowest BCUT2D eigenvalue weighted by Crippen LogP contribution is -2.50. The van der Waals surface area contributed by atoms with Gasteiger partial charge in [-0.1, -0.05) is 12.1 Å². The fourth-order valence-corrected chi connectivity index (χ4v) is 9.21. The molecule has 2 aromatic rings. The van der Waals surface area contributed by atoms with Crippen molar-refractivity contribution in [2.24, 2.45) is 0 Å². The number of sulfonamides is 1. The number of carbonyl (C=O) groups excluding carboxylic acids is 1. The maximum Gasteiger partial charge on any atom is 0.253 e. The van der Waals surface area contributed by atoms with Gasteiger partial charge in [0.1, 0.15) is 4.21 Å².